The molecule has 2 rings (SSSR count). The van der Waals surface area contributed by atoms with Crippen LogP contribution in [0.5, 0.6) is 0 Å². The SMILES string of the molecule is CNC(=O)C(=O)N1CCCC2CC21. The average molecular weight is 182 g/mol. The monoisotopic (exact) mass is 182 g/mol. The fourth-order valence-electron chi connectivity index (χ4n) is 2.10. The molecule has 13 heavy (non-hydrogen) atoms. The lowest BCUT2D eigenvalue weighted by Crippen LogP contribution is -2.45. The second-order valence-corrected chi connectivity index (χ2v) is 3.78. The summed E-state index contributed by atoms with van der Waals surface area (Å²) in [4.78, 5) is 24.3. The largest absolute Gasteiger partial charge is 0.351 e. The summed E-state index contributed by atoms with van der Waals surface area (Å²) in [7, 11) is 1.49. The first-order chi connectivity index (χ1) is 6.24. The van der Waals surface area contributed by atoms with E-state index in [1.165, 1.54) is 13.5 Å². The fourth-order valence-corrected chi connectivity index (χ4v) is 2.10. The molecule has 0 aromatic rings. The molecule has 1 N–H and O–H groups in total. The van der Waals surface area contributed by atoms with E-state index in [1.54, 1.807) is 4.90 Å². The summed E-state index contributed by atoms with van der Waals surface area (Å²) in [6.07, 6.45) is 3.37. The summed E-state index contributed by atoms with van der Waals surface area (Å²) < 4.78 is 0. The molecule has 1 heterocycles. The molecule has 2 unspecified atom stereocenters. The molecule has 4 heteroatoms. The topological polar surface area (TPSA) is 49.4 Å². The highest BCUT2D eigenvalue weighted by Gasteiger charge is 2.46. The van der Waals surface area contributed by atoms with Crippen molar-refractivity contribution in [3.05, 3.63) is 0 Å². The van der Waals surface area contributed by atoms with Crippen LogP contribution in [0.2, 0.25) is 0 Å². The van der Waals surface area contributed by atoms with Crippen LogP contribution in [0.25, 0.3) is 0 Å². The summed E-state index contributed by atoms with van der Waals surface area (Å²) in [6, 6.07) is 0.374. The van der Waals surface area contributed by atoms with Crippen LogP contribution < -0.4 is 5.32 Å². The third kappa shape index (κ3) is 1.41. The molecule has 72 valence electrons. The normalized spacial score (nSPS) is 30.7. The molecule has 2 fully saturated rings. The fraction of sp³-hybridized carbons (Fsp3) is 0.778. The Bertz CT molecular complexity index is 252. The van der Waals surface area contributed by atoms with Gasteiger partial charge in [-0.3, -0.25) is 9.59 Å². The summed E-state index contributed by atoms with van der Waals surface area (Å²) in [5.74, 6) is -0.149. The van der Waals surface area contributed by atoms with Gasteiger partial charge in [0, 0.05) is 19.6 Å². The van der Waals surface area contributed by atoms with Crippen molar-refractivity contribution in [2.75, 3.05) is 13.6 Å². The van der Waals surface area contributed by atoms with E-state index < -0.39 is 5.91 Å². The first kappa shape index (κ1) is 8.53. The number of piperidine rings is 1. The van der Waals surface area contributed by atoms with Gasteiger partial charge in [0.15, 0.2) is 0 Å². The molecule has 2 aliphatic rings. The first-order valence-corrected chi connectivity index (χ1v) is 4.76. The lowest BCUT2D eigenvalue weighted by Gasteiger charge is -2.25. The van der Waals surface area contributed by atoms with E-state index in [0.29, 0.717) is 12.0 Å². The van der Waals surface area contributed by atoms with Gasteiger partial charge >= 0.3 is 11.8 Å². The molecule has 1 saturated carbocycles. The molecular formula is C9H14N2O2. The van der Waals surface area contributed by atoms with Gasteiger partial charge in [-0.2, -0.15) is 0 Å². The number of nitrogens with one attached hydrogen (secondary N) is 1. The Kier molecular flexibility index (Phi) is 1.98. The molecule has 0 spiro atoms. The number of carbonyl (C=O) groups is 2. The molecule has 4 nitrogen and oxygen atoms in total. The Hall–Kier alpha value is -1.06. The van der Waals surface area contributed by atoms with Gasteiger partial charge in [0.1, 0.15) is 0 Å². The predicted molar refractivity (Wildman–Crippen MR) is 46.9 cm³/mol. The quantitative estimate of drug-likeness (QED) is 0.525. The highest BCUT2D eigenvalue weighted by molar-refractivity contribution is 6.35. The maximum absolute atomic E-state index is 11.5. The third-order valence-electron chi connectivity index (χ3n) is 2.94. The number of hydrogen-bond donors (Lipinski definition) is 1. The van der Waals surface area contributed by atoms with Gasteiger partial charge in [0.2, 0.25) is 0 Å². The second-order valence-electron chi connectivity index (χ2n) is 3.78. The van der Waals surface area contributed by atoms with Crippen LogP contribution in [0.1, 0.15) is 19.3 Å². The van der Waals surface area contributed by atoms with Crippen molar-refractivity contribution < 1.29 is 9.59 Å². The Morgan fingerprint density at radius 3 is 2.92 bits per heavy atom. The molecular weight excluding hydrogens is 168 g/mol. The first-order valence-electron chi connectivity index (χ1n) is 4.76. The van der Waals surface area contributed by atoms with E-state index in [4.69, 9.17) is 0 Å². The van der Waals surface area contributed by atoms with Crippen LogP contribution in [0.4, 0.5) is 0 Å². The van der Waals surface area contributed by atoms with Gasteiger partial charge in [0.05, 0.1) is 0 Å². The maximum Gasteiger partial charge on any atom is 0.312 e. The van der Waals surface area contributed by atoms with Gasteiger partial charge in [-0.15, -0.1) is 0 Å². The predicted octanol–water partition coefficient (Wildman–Crippen LogP) is -0.257. The summed E-state index contributed by atoms with van der Waals surface area (Å²) in [5.41, 5.74) is 0. The zero-order chi connectivity index (χ0) is 9.42. The van der Waals surface area contributed by atoms with Gasteiger partial charge in [-0.25, -0.2) is 0 Å². The van der Waals surface area contributed by atoms with E-state index in [9.17, 15) is 9.59 Å². The van der Waals surface area contributed by atoms with Crippen LogP contribution >= 0.6 is 0 Å². The molecule has 1 saturated heterocycles. The average Bonchev–Trinajstić information content (AvgIpc) is 2.93. The lowest BCUT2D eigenvalue weighted by molar-refractivity contribution is -0.146. The maximum atomic E-state index is 11.5. The van der Waals surface area contributed by atoms with Crippen molar-refractivity contribution >= 4 is 11.8 Å². The van der Waals surface area contributed by atoms with E-state index in [2.05, 4.69) is 5.32 Å². The van der Waals surface area contributed by atoms with E-state index in [0.717, 1.165) is 19.4 Å². The summed E-state index contributed by atoms with van der Waals surface area (Å²) in [6.45, 7) is 0.757. The molecule has 1 aliphatic carbocycles. The summed E-state index contributed by atoms with van der Waals surface area (Å²) in [5, 5.41) is 2.37. The van der Waals surface area contributed by atoms with Crippen LogP contribution in [-0.2, 0) is 9.59 Å². The number of nitrogens with zero attached hydrogens (tertiary/aromatic N) is 1. The number of fused-ring (bicyclic) bond motifs is 1. The Morgan fingerprint density at radius 2 is 2.23 bits per heavy atom. The van der Waals surface area contributed by atoms with Crippen molar-refractivity contribution in [3.63, 3.8) is 0 Å². The molecule has 1 aliphatic heterocycles. The minimum absolute atomic E-state index is 0.352. The number of likely N-dealkylation sites (tertiary alicyclic amines) is 1. The minimum Gasteiger partial charge on any atom is -0.351 e. The zero-order valence-corrected chi connectivity index (χ0v) is 7.75. The smallest absolute Gasteiger partial charge is 0.312 e. The molecule has 0 radical (unpaired) electrons. The van der Waals surface area contributed by atoms with Gasteiger partial charge in [-0.05, 0) is 25.2 Å². The third-order valence-corrected chi connectivity index (χ3v) is 2.94. The zero-order valence-electron chi connectivity index (χ0n) is 7.75. The van der Waals surface area contributed by atoms with Gasteiger partial charge in [0.25, 0.3) is 0 Å². The van der Waals surface area contributed by atoms with E-state index in [1.807, 2.05) is 0 Å². The van der Waals surface area contributed by atoms with Crippen molar-refractivity contribution in [2.24, 2.45) is 5.92 Å². The molecule has 0 bridgehead atoms. The van der Waals surface area contributed by atoms with Crippen LogP contribution in [0.15, 0.2) is 0 Å². The Morgan fingerprint density at radius 1 is 1.46 bits per heavy atom. The second kappa shape index (κ2) is 3.01. The summed E-state index contributed by atoms with van der Waals surface area (Å²) >= 11 is 0. The van der Waals surface area contributed by atoms with Crippen LogP contribution in [-0.4, -0.2) is 36.3 Å². The number of likely N-dealkylation sites (N-methyl/N-ethyl adjacent to an activating group) is 1. The van der Waals surface area contributed by atoms with Gasteiger partial charge < -0.3 is 10.2 Å². The standard InChI is InChI=1S/C9H14N2O2/c1-10-8(12)9(13)11-4-2-3-6-5-7(6)11/h6-7H,2-5H2,1H3,(H,10,12). The van der Waals surface area contributed by atoms with Crippen LogP contribution in [0.3, 0.4) is 0 Å². The Balaban J connectivity index is 1.99. The van der Waals surface area contributed by atoms with Crippen molar-refractivity contribution in [1.29, 1.82) is 0 Å². The molecule has 0 aromatic carbocycles. The minimum atomic E-state index is -0.479. The van der Waals surface area contributed by atoms with E-state index in [-0.39, 0.29) is 5.91 Å². The highest BCUT2D eigenvalue weighted by atomic mass is 16.2. The molecule has 2 atom stereocenters. The van der Waals surface area contributed by atoms with Crippen LogP contribution in [0, 0.1) is 5.92 Å². The van der Waals surface area contributed by atoms with Gasteiger partial charge in [-0.1, -0.05) is 0 Å². The van der Waals surface area contributed by atoms with Crippen molar-refractivity contribution in [3.8, 4) is 0 Å². The Labute approximate surface area is 77.3 Å². The van der Waals surface area contributed by atoms with Crippen molar-refractivity contribution in [2.45, 2.75) is 25.3 Å². The molecule has 2 amide bonds. The lowest BCUT2D eigenvalue weighted by atomic mass is 10.1. The number of rotatable bonds is 0. The number of amides is 2. The molecule has 0 aromatic heterocycles. The number of hydrogen-bond acceptors (Lipinski definition) is 2. The number of carbonyl (C=O) groups excluding carboxylic acids is 2. The highest BCUT2D eigenvalue weighted by Crippen LogP contribution is 2.42. The van der Waals surface area contributed by atoms with E-state index >= 15 is 0 Å². The van der Waals surface area contributed by atoms with Crippen molar-refractivity contribution in [1.82, 2.24) is 10.2 Å².